The number of aryl methyl sites for hydroxylation is 1. The largest absolute Gasteiger partial charge is 0.433 e. The van der Waals surface area contributed by atoms with Gasteiger partial charge in [-0.25, -0.2) is 19.3 Å². The first-order valence-corrected chi connectivity index (χ1v) is 8.08. The van der Waals surface area contributed by atoms with Crippen LogP contribution in [-0.2, 0) is 6.18 Å². The summed E-state index contributed by atoms with van der Waals surface area (Å²) in [5.41, 5.74) is 0.477. The van der Waals surface area contributed by atoms with Crippen LogP contribution in [0.4, 0.5) is 29.1 Å². The number of imidazole rings is 1. The summed E-state index contributed by atoms with van der Waals surface area (Å²) in [5, 5.41) is 2.86. The van der Waals surface area contributed by atoms with Crippen molar-refractivity contribution in [1.82, 2.24) is 24.5 Å². The third-order valence-corrected chi connectivity index (χ3v) is 3.96. The van der Waals surface area contributed by atoms with Crippen LogP contribution in [0, 0.1) is 12.7 Å². The minimum atomic E-state index is -4.50. The Morgan fingerprint density at radius 2 is 1.82 bits per heavy atom. The summed E-state index contributed by atoms with van der Waals surface area (Å²) in [6.07, 6.45) is -0.501. The first-order chi connectivity index (χ1) is 13.3. The molecule has 6 nitrogen and oxygen atoms in total. The van der Waals surface area contributed by atoms with Gasteiger partial charge in [-0.2, -0.15) is 13.2 Å². The van der Waals surface area contributed by atoms with E-state index in [0.29, 0.717) is 34.2 Å². The van der Waals surface area contributed by atoms with Crippen molar-refractivity contribution in [1.29, 1.82) is 0 Å². The number of nitrogens with zero attached hydrogens (tertiary/aromatic N) is 5. The van der Waals surface area contributed by atoms with E-state index in [1.54, 1.807) is 17.6 Å². The second-order valence-electron chi connectivity index (χ2n) is 5.94. The molecule has 28 heavy (non-hydrogen) atoms. The molecule has 3 aromatic heterocycles. The molecule has 0 atom stereocenters. The molecule has 4 rings (SSSR count). The smallest absolute Gasteiger partial charge is 0.338 e. The van der Waals surface area contributed by atoms with Crippen LogP contribution in [0.15, 0.2) is 48.9 Å². The minimum absolute atomic E-state index is 0.308. The van der Waals surface area contributed by atoms with Crippen molar-refractivity contribution < 1.29 is 17.6 Å². The Balaban J connectivity index is 1.66. The maximum atomic E-state index is 13.4. The van der Waals surface area contributed by atoms with Crippen LogP contribution in [0.2, 0.25) is 0 Å². The number of hydrogen-bond donors (Lipinski definition) is 1. The highest BCUT2D eigenvalue weighted by molar-refractivity contribution is 5.78. The molecule has 0 fully saturated rings. The van der Waals surface area contributed by atoms with Crippen LogP contribution < -0.4 is 5.32 Å². The zero-order valence-electron chi connectivity index (χ0n) is 14.4. The second kappa shape index (κ2) is 6.55. The SMILES string of the molecule is Cc1nc2cc(F)ccc2n1-c1cncc(Nc2ccc(C(F)(F)F)nc2)n1. The summed E-state index contributed by atoms with van der Waals surface area (Å²) in [6, 6.07) is 6.37. The fourth-order valence-corrected chi connectivity index (χ4v) is 2.77. The summed E-state index contributed by atoms with van der Waals surface area (Å²) in [7, 11) is 0. The van der Waals surface area contributed by atoms with Crippen molar-refractivity contribution in [3.05, 3.63) is 66.3 Å². The number of pyridine rings is 1. The van der Waals surface area contributed by atoms with Gasteiger partial charge in [0.25, 0.3) is 0 Å². The van der Waals surface area contributed by atoms with E-state index in [1.165, 1.54) is 30.6 Å². The van der Waals surface area contributed by atoms with Crippen LogP contribution in [0.1, 0.15) is 11.5 Å². The summed E-state index contributed by atoms with van der Waals surface area (Å²) in [6.45, 7) is 1.75. The molecule has 0 spiro atoms. The molecule has 1 N–H and O–H groups in total. The van der Waals surface area contributed by atoms with Gasteiger partial charge in [0, 0.05) is 6.07 Å². The zero-order valence-corrected chi connectivity index (χ0v) is 14.4. The number of benzene rings is 1. The van der Waals surface area contributed by atoms with Gasteiger partial charge in [0.15, 0.2) is 11.6 Å². The van der Waals surface area contributed by atoms with Crippen LogP contribution in [0.3, 0.4) is 0 Å². The van der Waals surface area contributed by atoms with Gasteiger partial charge in [-0.05, 0) is 31.2 Å². The predicted molar refractivity (Wildman–Crippen MR) is 93.9 cm³/mol. The highest BCUT2D eigenvalue weighted by atomic mass is 19.4. The number of nitrogens with one attached hydrogen (secondary N) is 1. The predicted octanol–water partition coefficient (Wildman–Crippen LogP) is 4.42. The van der Waals surface area contributed by atoms with Crippen LogP contribution >= 0.6 is 0 Å². The molecular weight excluding hydrogens is 376 g/mol. The van der Waals surface area contributed by atoms with Gasteiger partial charge in [-0.3, -0.25) is 9.55 Å². The lowest BCUT2D eigenvalue weighted by molar-refractivity contribution is -0.141. The molecule has 0 saturated heterocycles. The lowest BCUT2D eigenvalue weighted by atomic mass is 10.3. The molecule has 3 heterocycles. The average molecular weight is 388 g/mol. The minimum Gasteiger partial charge on any atom is -0.338 e. The Morgan fingerprint density at radius 3 is 2.54 bits per heavy atom. The number of alkyl halides is 3. The molecule has 1 aromatic carbocycles. The maximum Gasteiger partial charge on any atom is 0.433 e. The monoisotopic (exact) mass is 388 g/mol. The topological polar surface area (TPSA) is 68.5 Å². The highest BCUT2D eigenvalue weighted by Crippen LogP contribution is 2.28. The first kappa shape index (κ1) is 17.8. The van der Waals surface area contributed by atoms with E-state index < -0.39 is 17.7 Å². The lowest BCUT2D eigenvalue weighted by Crippen LogP contribution is -2.08. The number of halogens is 4. The van der Waals surface area contributed by atoms with Gasteiger partial charge >= 0.3 is 6.18 Å². The van der Waals surface area contributed by atoms with Gasteiger partial charge in [-0.1, -0.05) is 0 Å². The zero-order chi connectivity index (χ0) is 19.9. The van der Waals surface area contributed by atoms with E-state index >= 15 is 0 Å². The Morgan fingerprint density at radius 1 is 1.00 bits per heavy atom. The summed E-state index contributed by atoms with van der Waals surface area (Å²) < 4.78 is 53.0. The first-order valence-electron chi connectivity index (χ1n) is 8.08. The fraction of sp³-hybridized carbons (Fsp3) is 0.111. The van der Waals surface area contributed by atoms with Crippen molar-refractivity contribution >= 4 is 22.5 Å². The van der Waals surface area contributed by atoms with Crippen molar-refractivity contribution in [2.24, 2.45) is 0 Å². The van der Waals surface area contributed by atoms with Crippen LogP contribution in [0.5, 0.6) is 0 Å². The molecular formula is C18H12F4N6. The summed E-state index contributed by atoms with van der Waals surface area (Å²) in [5.74, 6) is 0.926. The molecule has 0 bridgehead atoms. The second-order valence-corrected chi connectivity index (χ2v) is 5.94. The van der Waals surface area contributed by atoms with Gasteiger partial charge in [0.1, 0.15) is 17.3 Å². The molecule has 0 saturated carbocycles. The molecule has 142 valence electrons. The summed E-state index contributed by atoms with van der Waals surface area (Å²) >= 11 is 0. The van der Waals surface area contributed by atoms with Crippen LogP contribution in [-0.4, -0.2) is 24.5 Å². The van der Waals surface area contributed by atoms with Crippen LogP contribution in [0.25, 0.3) is 16.9 Å². The molecule has 0 aliphatic heterocycles. The number of hydrogen-bond acceptors (Lipinski definition) is 5. The van der Waals surface area contributed by atoms with Crippen molar-refractivity contribution in [2.45, 2.75) is 13.1 Å². The number of rotatable bonds is 3. The lowest BCUT2D eigenvalue weighted by Gasteiger charge is -2.10. The molecule has 4 aromatic rings. The average Bonchev–Trinajstić information content (AvgIpc) is 2.96. The summed E-state index contributed by atoms with van der Waals surface area (Å²) in [4.78, 5) is 16.2. The normalized spacial score (nSPS) is 11.8. The van der Waals surface area contributed by atoms with Gasteiger partial charge in [0.2, 0.25) is 0 Å². The van der Waals surface area contributed by atoms with E-state index in [9.17, 15) is 17.6 Å². The Kier molecular flexibility index (Phi) is 4.17. The fourth-order valence-electron chi connectivity index (χ4n) is 2.77. The molecule has 0 aliphatic carbocycles. The number of aromatic nitrogens is 5. The number of fused-ring (bicyclic) bond motifs is 1. The molecule has 0 aliphatic rings. The van der Waals surface area contributed by atoms with Crippen molar-refractivity contribution in [3.63, 3.8) is 0 Å². The highest BCUT2D eigenvalue weighted by Gasteiger charge is 2.32. The van der Waals surface area contributed by atoms with E-state index in [1.807, 2.05) is 0 Å². The quantitative estimate of drug-likeness (QED) is 0.526. The maximum absolute atomic E-state index is 13.4. The number of anilines is 2. The standard InChI is InChI=1S/C18H12F4N6/c1-10-25-13-6-11(19)2-4-14(13)28(10)17-9-23-8-16(27-17)26-12-3-5-15(24-7-12)18(20,21)22/h2-9H,1H3,(H,26,27). The van der Waals surface area contributed by atoms with E-state index in [4.69, 9.17) is 0 Å². The van der Waals surface area contributed by atoms with E-state index in [-0.39, 0.29) is 0 Å². The molecule has 0 radical (unpaired) electrons. The Labute approximate surface area is 155 Å². The third-order valence-electron chi connectivity index (χ3n) is 3.96. The Hall–Kier alpha value is -3.56. The Bertz CT molecular complexity index is 1150. The third kappa shape index (κ3) is 3.36. The molecule has 0 amide bonds. The van der Waals surface area contributed by atoms with E-state index in [2.05, 4.69) is 25.3 Å². The van der Waals surface area contributed by atoms with E-state index in [0.717, 1.165) is 12.3 Å². The molecule has 0 unspecified atom stereocenters. The van der Waals surface area contributed by atoms with Gasteiger partial charge < -0.3 is 5.32 Å². The van der Waals surface area contributed by atoms with Crippen molar-refractivity contribution in [2.75, 3.05) is 5.32 Å². The molecule has 10 heteroatoms. The van der Waals surface area contributed by atoms with Gasteiger partial charge in [-0.15, -0.1) is 0 Å². The van der Waals surface area contributed by atoms with Crippen molar-refractivity contribution in [3.8, 4) is 5.82 Å². The van der Waals surface area contributed by atoms with Gasteiger partial charge in [0.05, 0.1) is 35.3 Å².